The third-order valence-electron chi connectivity index (χ3n) is 24.7. The van der Waals surface area contributed by atoms with Gasteiger partial charge in [-0.25, -0.2) is 0 Å². The van der Waals surface area contributed by atoms with E-state index in [2.05, 4.69) is 402 Å². The highest BCUT2D eigenvalue weighted by Gasteiger charge is 2.27. The van der Waals surface area contributed by atoms with Gasteiger partial charge in [0, 0.05) is 25.2 Å². The van der Waals surface area contributed by atoms with E-state index < -0.39 is 0 Å². The van der Waals surface area contributed by atoms with Crippen LogP contribution in [0.3, 0.4) is 0 Å². The molecular formula is C117H210O4. The van der Waals surface area contributed by atoms with Crippen molar-refractivity contribution < 1.29 is 18.9 Å². The first-order valence-electron chi connectivity index (χ1n) is 50.2. The van der Waals surface area contributed by atoms with Crippen molar-refractivity contribution in [1.82, 2.24) is 0 Å². The Bertz CT molecular complexity index is 2910. The number of ether oxygens (including phenoxy) is 4. The summed E-state index contributed by atoms with van der Waals surface area (Å²) in [7, 11) is 0. The Labute approximate surface area is 759 Å². The lowest BCUT2D eigenvalue weighted by molar-refractivity contribution is 0.0443. The van der Waals surface area contributed by atoms with Crippen LogP contribution in [0.1, 0.15) is 468 Å². The summed E-state index contributed by atoms with van der Waals surface area (Å²) in [6.45, 7) is 102. The lowest BCUT2D eigenvalue weighted by Gasteiger charge is -2.33. The molecular weight excluding hydrogens is 1470 g/mol. The minimum Gasteiger partial charge on any atom is -0.457 e. The fraction of sp³-hybridized carbons (Fsp3) is 0.744. The first-order chi connectivity index (χ1) is 56.2. The summed E-state index contributed by atoms with van der Waals surface area (Å²) in [5.41, 5.74) is 11.1. The van der Waals surface area contributed by atoms with E-state index >= 15 is 0 Å². The molecule has 702 valence electrons. The summed E-state index contributed by atoms with van der Waals surface area (Å²) in [6, 6.07) is 43.8. The molecule has 0 aliphatic heterocycles. The SMILES string of the molecule is CC(C)C1CCC(C(C)C)CC1.CC(C)C1CCCC(C(C)C)C1.CC(C)CC(C)C.CC(C)CC(C)C(C)C.CC(C)CCCCOC(C)C.CC(C)COC(C)C.CC(C)OCC(C)C(C)C.CC(C)c1ccc(C(C)(C)c2ccc(C(C)C)cc2)cc1.CC(C)c1ccc(C(C)C)cc1.CC(C)c1ccc(Oc2ccc(C(C)C)cc2)cc1. The van der Waals surface area contributed by atoms with E-state index in [0.29, 0.717) is 65.7 Å². The molecule has 0 heterocycles. The second-order valence-corrected chi connectivity index (χ2v) is 44.1. The van der Waals surface area contributed by atoms with Gasteiger partial charge in [0.15, 0.2) is 0 Å². The molecule has 7 rings (SSSR count). The van der Waals surface area contributed by atoms with Crippen LogP contribution in [0.2, 0.25) is 0 Å². The van der Waals surface area contributed by atoms with Crippen molar-refractivity contribution in [3.63, 3.8) is 0 Å². The topological polar surface area (TPSA) is 36.9 Å². The molecule has 0 N–H and O–H groups in total. The summed E-state index contributed by atoms with van der Waals surface area (Å²) in [5.74, 6) is 20.4. The van der Waals surface area contributed by atoms with E-state index in [-0.39, 0.29) is 5.41 Å². The highest BCUT2D eigenvalue weighted by molar-refractivity contribution is 5.41. The van der Waals surface area contributed by atoms with E-state index in [9.17, 15) is 0 Å². The molecule has 121 heavy (non-hydrogen) atoms. The highest BCUT2D eigenvalue weighted by atomic mass is 16.5. The second-order valence-electron chi connectivity index (χ2n) is 44.1. The number of benzene rings is 5. The Morgan fingerprint density at radius 2 is 0.545 bits per heavy atom. The van der Waals surface area contributed by atoms with Crippen molar-refractivity contribution >= 4 is 0 Å². The molecule has 0 spiro atoms. The van der Waals surface area contributed by atoms with E-state index in [0.717, 1.165) is 120 Å². The third-order valence-corrected chi connectivity index (χ3v) is 24.7. The van der Waals surface area contributed by atoms with Gasteiger partial charge < -0.3 is 18.9 Å². The molecule has 4 unspecified atom stereocenters. The van der Waals surface area contributed by atoms with Crippen LogP contribution in [0.15, 0.2) is 121 Å². The van der Waals surface area contributed by atoms with Gasteiger partial charge in [-0.1, -0.05) is 392 Å². The average Bonchev–Trinajstić information content (AvgIpc) is 0.798. The van der Waals surface area contributed by atoms with Gasteiger partial charge in [0.1, 0.15) is 11.5 Å². The maximum atomic E-state index is 5.85. The molecule has 0 radical (unpaired) electrons. The standard InChI is InChI=1S/C21H28.C18H22O.C12H24.C12H18.C12H24.C10H22O.C9H20O.C9H20.C7H16O.C7H16/c1-15(2)17-7-11-19(12-8-17)21(5,6)20-13-9-18(10-14-20)16(3)4;1-13(2)15-5-9-17(10-6-15)19-18-11-7-16(8-12-18)14(3)4;2*1-9(2)11-5-7-12(8-6-11)10(3)4;1-9(2)11-6-5-7-12(8-11)10(3)4;1-9(2)7-5-6-8-11-10(3)4;1-7(2)9(5)6-10-8(3)4;1-7(2)6-9(5)8(3)4;1-6(2)5-8-7(3)4;1-6(2)5-7(3)4/h7-16H,1-6H3;5-14H,1-4H3;9-12H,5-8H2,1-4H3;5-10H,1-4H3;9-12H,5-8H2,1-4H3;9-10H,5-8H2,1-4H3;7-9H,6H2,1-5H3;7-9H,6H2,1-5H3;6-7H,5H2,1-4H3;6-7H,5H2,1-4H3. The van der Waals surface area contributed by atoms with Crippen molar-refractivity contribution in [2.45, 2.75) is 447 Å². The monoisotopic (exact) mass is 1680 g/mol. The Hall–Kier alpha value is -4.22. The molecule has 0 bridgehead atoms. The van der Waals surface area contributed by atoms with Crippen molar-refractivity contribution in [2.24, 2.45) is 101 Å². The molecule has 0 amide bonds. The van der Waals surface area contributed by atoms with Crippen LogP contribution in [-0.2, 0) is 19.6 Å². The van der Waals surface area contributed by atoms with Crippen LogP contribution in [0, 0.1) is 101 Å². The van der Waals surface area contributed by atoms with Gasteiger partial charge in [-0.3, -0.25) is 0 Å². The van der Waals surface area contributed by atoms with Gasteiger partial charge in [-0.2, -0.15) is 0 Å². The van der Waals surface area contributed by atoms with Gasteiger partial charge in [0.2, 0.25) is 0 Å². The van der Waals surface area contributed by atoms with Gasteiger partial charge >= 0.3 is 0 Å². The quantitative estimate of drug-likeness (QED) is 0.0402. The molecule has 0 aromatic heterocycles. The molecule has 4 nitrogen and oxygen atoms in total. The molecule has 4 atom stereocenters. The fourth-order valence-electron chi connectivity index (χ4n) is 14.8. The van der Waals surface area contributed by atoms with Crippen LogP contribution < -0.4 is 4.74 Å². The number of hydrogen-bond acceptors (Lipinski definition) is 4. The molecule has 5 aromatic carbocycles. The van der Waals surface area contributed by atoms with Crippen LogP contribution in [-0.4, -0.2) is 38.1 Å². The minimum atomic E-state index is 0.0466. The molecule has 4 heteroatoms. The maximum Gasteiger partial charge on any atom is 0.127 e. The Kier molecular flexibility index (Phi) is 67.9. The summed E-state index contributed by atoms with van der Waals surface area (Å²) in [4.78, 5) is 0. The van der Waals surface area contributed by atoms with Crippen molar-refractivity contribution in [3.8, 4) is 11.5 Å². The lowest BCUT2D eigenvalue weighted by atomic mass is 9.72. The van der Waals surface area contributed by atoms with E-state index in [1.165, 1.54) is 128 Å². The molecule has 2 aliphatic carbocycles. The summed E-state index contributed by atoms with van der Waals surface area (Å²) >= 11 is 0. The Morgan fingerprint density at radius 1 is 0.273 bits per heavy atom. The normalized spacial score (nSPS) is 16.0. The predicted molar refractivity (Wildman–Crippen MR) is 548 cm³/mol. The zero-order valence-corrected chi connectivity index (χ0v) is 89.0. The molecule has 0 saturated heterocycles. The van der Waals surface area contributed by atoms with Gasteiger partial charge in [0.25, 0.3) is 0 Å². The predicted octanol–water partition coefficient (Wildman–Crippen LogP) is 38.1. The number of rotatable bonds is 32. The molecule has 2 fully saturated rings. The molecule has 2 saturated carbocycles. The Morgan fingerprint density at radius 3 is 0.760 bits per heavy atom. The van der Waals surface area contributed by atoms with Gasteiger partial charge in [0.05, 0.1) is 18.3 Å². The summed E-state index contributed by atoms with van der Waals surface area (Å²) < 4.78 is 22.0. The highest BCUT2D eigenvalue weighted by Crippen LogP contribution is 2.39. The first kappa shape index (κ1) is 121. The van der Waals surface area contributed by atoms with Gasteiger partial charge in [-0.15, -0.1) is 0 Å². The van der Waals surface area contributed by atoms with Crippen LogP contribution in [0.5, 0.6) is 11.5 Å². The van der Waals surface area contributed by atoms with Gasteiger partial charge in [-0.05, 0) is 298 Å². The van der Waals surface area contributed by atoms with Crippen LogP contribution >= 0.6 is 0 Å². The third kappa shape index (κ3) is 61.8. The average molecular weight is 1680 g/mol. The smallest absolute Gasteiger partial charge is 0.127 e. The Balaban J connectivity index is -0.00000130. The first-order valence-corrected chi connectivity index (χ1v) is 50.2. The molecule has 5 aromatic rings. The van der Waals surface area contributed by atoms with E-state index in [1.807, 2.05) is 24.3 Å². The van der Waals surface area contributed by atoms with Crippen molar-refractivity contribution in [3.05, 3.63) is 166 Å². The summed E-state index contributed by atoms with van der Waals surface area (Å²) in [6.07, 6.45) is 19.7. The van der Waals surface area contributed by atoms with E-state index in [4.69, 9.17) is 18.9 Å². The van der Waals surface area contributed by atoms with Crippen LogP contribution in [0.25, 0.3) is 0 Å². The summed E-state index contributed by atoms with van der Waals surface area (Å²) in [5, 5.41) is 0. The van der Waals surface area contributed by atoms with E-state index in [1.54, 1.807) is 0 Å². The number of unbranched alkanes of at least 4 members (excludes halogenated alkanes) is 1. The van der Waals surface area contributed by atoms with Crippen molar-refractivity contribution in [2.75, 3.05) is 19.8 Å². The molecule has 2 aliphatic rings. The van der Waals surface area contributed by atoms with Crippen LogP contribution in [0.4, 0.5) is 0 Å². The lowest BCUT2D eigenvalue weighted by Crippen LogP contribution is -2.22. The minimum absolute atomic E-state index is 0.0466. The zero-order chi connectivity index (χ0) is 93.6. The maximum absolute atomic E-state index is 5.85. The second kappa shape index (κ2) is 68.0. The number of hydrogen-bond donors (Lipinski definition) is 0. The van der Waals surface area contributed by atoms with Crippen molar-refractivity contribution in [1.29, 1.82) is 0 Å². The largest absolute Gasteiger partial charge is 0.457 e. The fourth-order valence-corrected chi connectivity index (χ4v) is 14.8. The zero-order valence-electron chi connectivity index (χ0n) is 89.0.